The topological polar surface area (TPSA) is 17.0 Å². The van der Waals surface area contributed by atoms with E-state index in [0.717, 1.165) is 45.1 Å². The number of hydrogen-bond acceptors (Lipinski definition) is 1. The highest BCUT2D eigenvalue weighted by atomic mass is 16.3. The van der Waals surface area contributed by atoms with Gasteiger partial charge in [-0.05, 0) is 59.5 Å². The summed E-state index contributed by atoms with van der Waals surface area (Å²) in [5, 5.41) is 3.26. The van der Waals surface area contributed by atoms with E-state index in [0.29, 0.717) is 6.04 Å². The minimum Gasteiger partial charge on any atom is -0.464 e. The summed E-state index contributed by atoms with van der Waals surface area (Å²) < 4.78 is 16.5. The van der Waals surface area contributed by atoms with Gasteiger partial charge < -0.3 is 4.42 Å². The molecule has 0 atom stereocenters. The smallest absolute Gasteiger partial charge is 0.220 e. The van der Waals surface area contributed by atoms with Crippen molar-refractivity contribution < 1.29 is 10.4 Å². The van der Waals surface area contributed by atoms with Gasteiger partial charge in [0.25, 0.3) is 0 Å². The van der Waals surface area contributed by atoms with Crippen molar-refractivity contribution in [3.8, 4) is 11.3 Å². The lowest BCUT2D eigenvalue weighted by Gasteiger charge is -2.18. The van der Waals surface area contributed by atoms with Gasteiger partial charge in [-0.15, -0.1) is 0 Å². The maximum Gasteiger partial charge on any atom is 0.220 e. The molecule has 2 aromatic heterocycles. The maximum absolute atomic E-state index is 8.74. The molecule has 2 heteroatoms. The van der Waals surface area contributed by atoms with Crippen LogP contribution in [0.5, 0.6) is 0 Å². The molecule has 0 radical (unpaired) electrons. The molecule has 0 aliphatic rings. The fraction of sp³-hybridized carbons (Fsp3) is 0.320. The third-order valence-electron chi connectivity index (χ3n) is 5.28. The van der Waals surface area contributed by atoms with Gasteiger partial charge in [-0.3, -0.25) is 0 Å². The highest BCUT2D eigenvalue weighted by molar-refractivity contribution is 5.96. The van der Waals surface area contributed by atoms with Gasteiger partial charge in [-0.25, -0.2) is 0 Å². The van der Waals surface area contributed by atoms with Gasteiger partial charge in [-0.2, -0.15) is 4.57 Å². The van der Waals surface area contributed by atoms with E-state index < -0.39 is 0 Å². The third-order valence-corrected chi connectivity index (χ3v) is 5.28. The summed E-state index contributed by atoms with van der Waals surface area (Å²) in [4.78, 5) is 0. The molecule has 2 nitrogen and oxygen atoms in total. The predicted molar refractivity (Wildman–Crippen MR) is 113 cm³/mol. The van der Waals surface area contributed by atoms with E-state index in [1.807, 2.05) is 13.0 Å². The Morgan fingerprint density at radius 1 is 1.04 bits per heavy atom. The number of fused-ring (bicyclic) bond motifs is 2. The van der Waals surface area contributed by atoms with Gasteiger partial charge in [-0.1, -0.05) is 32.9 Å². The van der Waals surface area contributed by atoms with E-state index in [9.17, 15) is 0 Å². The molecule has 138 valence electrons. The molecule has 0 spiro atoms. The molecule has 0 saturated carbocycles. The van der Waals surface area contributed by atoms with Crippen LogP contribution in [0.3, 0.4) is 0 Å². The van der Waals surface area contributed by atoms with Crippen LogP contribution in [-0.4, -0.2) is 0 Å². The van der Waals surface area contributed by atoms with Gasteiger partial charge in [0.15, 0.2) is 5.69 Å². The lowest BCUT2D eigenvalue weighted by molar-refractivity contribution is -0.665. The molecular weight excluding hydrogens is 330 g/mol. The SMILES string of the molecule is [2H]c1c(C)[n+](C)c(-c2cc3occc3cc2C)c2ccc(CC(C)(C)C)cc12. The Kier molecular flexibility index (Phi) is 3.82. The summed E-state index contributed by atoms with van der Waals surface area (Å²) in [5.74, 6) is 0. The van der Waals surface area contributed by atoms with Crippen LogP contribution in [0.25, 0.3) is 33.0 Å². The van der Waals surface area contributed by atoms with E-state index in [1.165, 1.54) is 11.1 Å². The van der Waals surface area contributed by atoms with Crippen LogP contribution in [0.4, 0.5) is 0 Å². The molecule has 0 aliphatic heterocycles. The quantitative estimate of drug-likeness (QED) is 0.385. The van der Waals surface area contributed by atoms with E-state index in [4.69, 9.17) is 5.79 Å². The highest BCUT2D eigenvalue weighted by Crippen LogP contribution is 2.33. The minimum atomic E-state index is 0.216. The van der Waals surface area contributed by atoms with Crippen molar-refractivity contribution >= 4 is 21.7 Å². The molecule has 0 bridgehead atoms. The largest absolute Gasteiger partial charge is 0.464 e. The molecule has 0 N–H and O–H groups in total. The van der Waals surface area contributed by atoms with Crippen LogP contribution < -0.4 is 4.57 Å². The summed E-state index contributed by atoms with van der Waals surface area (Å²) in [6, 6.07) is 13.5. The zero-order valence-corrected chi connectivity index (χ0v) is 17.1. The number of rotatable bonds is 2. The second-order valence-corrected chi connectivity index (χ2v) is 8.86. The Labute approximate surface area is 162 Å². The molecule has 0 unspecified atom stereocenters. The number of aromatic nitrogens is 1. The summed E-state index contributed by atoms with van der Waals surface area (Å²) in [5.41, 5.74) is 6.87. The molecule has 2 heterocycles. The highest BCUT2D eigenvalue weighted by Gasteiger charge is 2.21. The lowest BCUT2D eigenvalue weighted by Crippen LogP contribution is -2.35. The zero-order chi connectivity index (χ0) is 20.2. The first-order valence-corrected chi connectivity index (χ1v) is 9.56. The zero-order valence-electron chi connectivity index (χ0n) is 18.1. The van der Waals surface area contributed by atoms with Crippen LogP contribution >= 0.6 is 0 Å². The van der Waals surface area contributed by atoms with Gasteiger partial charge in [0, 0.05) is 18.4 Å². The lowest BCUT2D eigenvalue weighted by atomic mass is 9.87. The van der Waals surface area contributed by atoms with Crippen molar-refractivity contribution in [1.29, 1.82) is 0 Å². The number of benzene rings is 2. The average Bonchev–Trinajstić information content (AvgIpc) is 3.06. The van der Waals surface area contributed by atoms with Crippen molar-refractivity contribution in [3.05, 3.63) is 65.5 Å². The van der Waals surface area contributed by atoms with E-state index in [2.05, 4.69) is 69.6 Å². The van der Waals surface area contributed by atoms with Crippen LogP contribution in [0.2, 0.25) is 0 Å². The van der Waals surface area contributed by atoms with Crippen LogP contribution in [-0.2, 0) is 13.5 Å². The van der Waals surface area contributed by atoms with Crippen molar-refractivity contribution in [2.75, 3.05) is 0 Å². The molecule has 0 saturated heterocycles. The molecule has 0 amide bonds. The predicted octanol–water partition coefficient (Wildman–Crippen LogP) is 6.28. The van der Waals surface area contributed by atoms with Crippen LogP contribution in [0.15, 0.2) is 53.1 Å². The number of nitrogens with zero attached hydrogens (tertiary/aromatic N) is 1. The first kappa shape index (κ1) is 16.6. The van der Waals surface area contributed by atoms with E-state index in [-0.39, 0.29) is 5.41 Å². The standard InChI is InChI=1S/C25H28NO/c1-16-11-19-9-10-27-23(19)14-22(16)24-21-8-7-18(15-25(3,4)5)13-20(21)12-17(2)26(24)6/h7-14H,15H2,1-6H3/q+1/i12D. The Morgan fingerprint density at radius 2 is 1.81 bits per heavy atom. The Hall–Kier alpha value is -2.61. The summed E-state index contributed by atoms with van der Waals surface area (Å²) in [6.07, 6.45) is 2.73. The van der Waals surface area contributed by atoms with Crippen LogP contribution in [0, 0.1) is 19.3 Å². The fourth-order valence-electron chi connectivity index (χ4n) is 3.95. The Balaban J connectivity index is 2.03. The first-order chi connectivity index (χ1) is 13.2. The minimum absolute atomic E-state index is 0.216. The molecule has 27 heavy (non-hydrogen) atoms. The van der Waals surface area contributed by atoms with Gasteiger partial charge in [0.05, 0.1) is 18.6 Å². The average molecular weight is 360 g/mol. The van der Waals surface area contributed by atoms with E-state index in [1.54, 1.807) is 6.26 Å². The monoisotopic (exact) mass is 359 g/mol. The maximum atomic E-state index is 8.74. The number of hydrogen-bond donors (Lipinski definition) is 0. The normalized spacial score (nSPS) is 12.7. The molecule has 4 aromatic rings. The van der Waals surface area contributed by atoms with Crippen molar-refractivity contribution in [2.45, 2.75) is 41.0 Å². The van der Waals surface area contributed by atoms with Crippen LogP contribution in [0.1, 0.15) is 39.0 Å². The molecule has 0 fully saturated rings. The summed E-state index contributed by atoms with van der Waals surface area (Å²) in [6.45, 7) is 10.9. The van der Waals surface area contributed by atoms with E-state index >= 15 is 0 Å². The summed E-state index contributed by atoms with van der Waals surface area (Å²) in [7, 11) is 2.05. The summed E-state index contributed by atoms with van der Waals surface area (Å²) >= 11 is 0. The molecule has 2 aromatic carbocycles. The number of furan rings is 1. The molecule has 0 aliphatic carbocycles. The van der Waals surface area contributed by atoms with Crippen molar-refractivity contribution in [2.24, 2.45) is 12.5 Å². The third kappa shape index (κ3) is 3.25. The van der Waals surface area contributed by atoms with Gasteiger partial charge >= 0.3 is 0 Å². The van der Waals surface area contributed by atoms with Gasteiger partial charge in [0.2, 0.25) is 5.69 Å². The number of aryl methyl sites for hydroxylation is 1. The molecule has 4 rings (SSSR count). The Bertz CT molecular complexity index is 1210. The Morgan fingerprint density at radius 3 is 2.56 bits per heavy atom. The molecular formula is C25H28NO+. The second-order valence-electron chi connectivity index (χ2n) is 8.86. The van der Waals surface area contributed by atoms with Gasteiger partial charge in [0.1, 0.15) is 12.6 Å². The second kappa shape index (κ2) is 6.23. The van der Waals surface area contributed by atoms with Crippen molar-refractivity contribution in [1.82, 2.24) is 0 Å². The van der Waals surface area contributed by atoms with Crippen molar-refractivity contribution in [3.63, 3.8) is 0 Å². The fourth-order valence-corrected chi connectivity index (χ4v) is 3.95. The number of pyridine rings is 1. The first-order valence-electron chi connectivity index (χ1n) is 10.1.